The average molecular weight is 745 g/mol. The van der Waals surface area contributed by atoms with Crippen molar-refractivity contribution in [2.24, 2.45) is 0 Å². The fraction of sp³-hybridized carbons (Fsp3) is 0.526. The molecule has 6 rings (SSSR count). The van der Waals surface area contributed by atoms with Crippen LogP contribution in [0.4, 0.5) is 0 Å². The van der Waals surface area contributed by atoms with E-state index in [1.54, 1.807) is 6.20 Å². The van der Waals surface area contributed by atoms with Crippen LogP contribution in [0.2, 0.25) is 10.0 Å². The summed E-state index contributed by atoms with van der Waals surface area (Å²) in [5, 5.41) is 45.0. The minimum atomic E-state index is -1.89. The maximum absolute atomic E-state index is 12.4. The number of nitrogens with zero attached hydrogens (tertiary/aromatic N) is 2. The highest BCUT2D eigenvalue weighted by Gasteiger charge is 2.48. The molecule has 13 heteroatoms. The number of hydrogen-bond acceptors (Lipinski definition) is 10. The Morgan fingerprint density at radius 1 is 0.980 bits per heavy atom. The first-order valence-electron chi connectivity index (χ1n) is 17.8. The van der Waals surface area contributed by atoms with E-state index in [1.807, 2.05) is 47.5 Å². The van der Waals surface area contributed by atoms with Gasteiger partial charge < -0.3 is 40.0 Å². The predicted octanol–water partition coefficient (Wildman–Crippen LogP) is 4.02. The van der Waals surface area contributed by atoms with E-state index in [1.165, 1.54) is 0 Å². The number of amides is 1. The number of aliphatic hydroxyl groups excluding tert-OH is 4. The topological polar surface area (TPSA) is 154 Å². The second-order valence-corrected chi connectivity index (χ2v) is 14.5. The van der Waals surface area contributed by atoms with Gasteiger partial charge in [-0.2, -0.15) is 0 Å². The van der Waals surface area contributed by atoms with Gasteiger partial charge in [0.25, 0.3) is 5.91 Å². The molecule has 2 aliphatic carbocycles. The number of β-amino-alcohol motifs (C(OH)–C–C–N with tert-alkyl or cyclic N) is 1. The summed E-state index contributed by atoms with van der Waals surface area (Å²) in [7, 11) is 0. The molecule has 4 atom stereocenters. The summed E-state index contributed by atoms with van der Waals surface area (Å²) in [6.45, 7) is 2.81. The van der Waals surface area contributed by atoms with Crippen LogP contribution in [0.3, 0.4) is 0 Å². The van der Waals surface area contributed by atoms with Crippen LogP contribution in [0.5, 0.6) is 5.75 Å². The molecule has 4 unspecified atom stereocenters. The van der Waals surface area contributed by atoms with Crippen molar-refractivity contribution < 1.29 is 39.4 Å². The van der Waals surface area contributed by atoms with Gasteiger partial charge >= 0.3 is 0 Å². The Hall–Kier alpha value is -2.84. The van der Waals surface area contributed by atoms with Gasteiger partial charge in [0.05, 0.1) is 37.6 Å². The molecule has 51 heavy (non-hydrogen) atoms. The average Bonchev–Trinajstić information content (AvgIpc) is 4.09. The van der Waals surface area contributed by atoms with Gasteiger partial charge in [0, 0.05) is 59.7 Å². The first kappa shape index (κ1) is 37.9. The molecule has 3 aromatic rings. The number of halogens is 2. The van der Waals surface area contributed by atoms with Crippen LogP contribution in [-0.2, 0) is 32.9 Å². The maximum atomic E-state index is 12.4. The molecule has 1 saturated heterocycles. The molecule has 276 valence electrons. The molecule has 2 aromatic carbocycles. The third-order valence-corrected chi connectivity index (χ3v) is 10.5. The summed E-state index contributed by atoms with van der Waals surface area (Å²) < 4.78 is 18.1. The molecule has 3 fully saturated rings. The van der Waals surface area contributed by atoms with Gasteiger partial charge in [-0.05, 0) is 85.9 Å². The molecule has 5 N–H and O–H groups in total. The van der Waals surface area contributed by atoms with E-state index >= 15 is 0 Å². The molecule has 1 aliphatic heterocycles. The van der Waals surface area contributed by atoms with Crippen molar-refractivity contribution in [1.29, 1.82) is 0 Å². The highest BCUT2D eigenvalue weighted by molar-refractivity contribution is 6.34. The zero-order chi connectivity index (χ0) is 36.0. The number of aliphatic hydroxyl groups is 4. The fourth-order valence-corrected chi connectivity index (χ4v) is 6.91. The monoisotopic (exact) mass is 743 g/mol. The van der Waals surface area contributed by atoms with E-state index in [0.29, 0.717) is 55.6 Å². The Morgan fingerprint density at radius 2 is 1.71 bits per heavy atom. The first-order chi connectivity index (χ1) is 24.6. The summed E-state index contributed by atoms with van der Waals surface area (Å²) in [6, 6.07) is 13.8. The summed E-state index contributed by atoms with van der Waals surface area (Å²) in [6.07, 6.45) is 2.96. The number of rotatable bonds is 18. The van der Waals surface area contributed by atoms with Crippen molar-refractivity contribution in [1.82, 2.24) is 15.2 Å². The molecule has 3 aliphatic rings. The SMILES string of the molecule is O=C(NCCCCc1cc(Cl)c(COC2(c3cnccc3-c3ccccc3OC3CC3)CC2)cc1Cl)C(O)C(O)C(O)C(O)CN1CCOCC1. The van der Waals surface area contributed by atoms with Gasteiger partial charge in [0.15, 0.2) is 6.10 Å². The summed E-state index contributed by atoms with van der Waals surface area (Å²) in [5.74, 6) is 0.0480. The van der Waals surface area contributed by atoms with Gasteiger partial charge in [0.1, 0.15) is 18.0 Å². The van der Waals surface area contributed by atoms with E-state index in [2.05, 4.69) is 16.4 Å². The number of ether oxygens (including phenoxy) is 3. The van der Waals surface area contributed by atoms with Crippen LogP contribution in [0.15, 0.2) is 54.9 Å². The zero-order valence-corrected chi connectivity index (χ0v) is 30.1. The number of benzene rings is 2. The zero-order valence-electron chi connectivity index (χ0n) is 28.6. The molecule has 11 nitrogen and oxygen atoms in total. The molecular weight excluding hydrogens is 697 g/mol. The van der Waals surface area contributed by atoms with Crippen molar-refractivity contribution in [3.05, 3.63) is 81.6 Å². The van der Waals surface area contributed by atoms with Crippen molar-refractivity contribution in [3.8, 4) is 16.9 Å². The van der Waals surface area contributed by atoms with Gasteiger partial charge in [-0.3, -0.25) is 14.7 Å². The third-order valence-electron chi connectivity index (χ3n) is 9.79. The largest absolute Gasteiger partial charge is 0.490 e. The lowest BCUT2D eigenvalue weighted by Gasteiger charge is -2.32. The van der Waals surface area contributed by atoms with Gasteiger partial charge in [0.2, 0.25) is 0 Å². The van der Waals surface area contributed by atoms with Gasteiger partial charge in [-0.1, -0.05) is 41.4 Å². The number of para-hydroxylation sites is 1. The number of unbranched alkanes of at least 4 members (excludes halogenated alkanes) is 1. The Kier molecular flexibility index (Phi) is 12.9. The van der Waals surface area contributed by atoms with Crippen LogP contribution in [0, 0.1) is 0 Å². The van der Waals surface area contributed by atoms with Crippen LogP contribution < -0.4 is 10.1 Å². The summed E-state index contributed by atoms with van der Waals surface area (Å²) >= 11 is 13.4. The number of aryl methyl sites for hydroxylation is 1. The fourth-order valence-electron chi connectivity index (χ4n) is 6.38. The molecular formula is C38H47Cl2N3O8. The van der Waals surface area contributed by atoms with Crippen molar-refractivity contribution >= 4 is 29.1 Å². The number of pyridine rings is 1. The second kappa shape index (κ2) is 17.3. The lowest BCUT2D eigenvalue weighted by atomic mass is 9.96. The van der Waals surface area contributed by atoms with E-state index < -0.39 is 35.9 Å². The highest BCUT2D eigenvalue weighted by Crippen LogP contribution is 2.53. The van der Waals surface area contributed by atoms with E-state index in [9.17, 15) is 25.2 Å². The minimum absolute atomic E-state index is 0.0927. The van der Waals surface area contributed by atoms with E-state index in [0.717, 1.165) is 59.3 Å². The van der Waals surface area contributed by atoms with Crippen molar-refractivity contribution in [2.75, 3.05) is 39.4 Å². The molecule has 1 amide bonds. The lowest BCUT2D eigenvalue weighted by Crippen LogP contribution is -2.54. The quantitative estimate of drug-likeness (QED) is 0.121. The van der Waals surface area contributed by atoms with Crippen LogP contribution >= 0.6 is 23.2 Å². The van der Waals surface area contributed by atoms with Crippen LogP contribution in [0.1, 0.15) is 55.2 Å². The van der Waals surface area contributed by atoms with Gasteiger partial charge in [-0.15, -0.1) is 0 Å². The van der Waals surface area contributed by atoms with Crippen LogP contribution in [-0.4, -0.2) is 106 Å². The maximum Gasteiger partial charge on any atom is 0.251 e. The number of morpholine rings is 1. The Morgan fingerprint density at radius 3 is 2.45 bits per heavy atom. The smallest absolute Gasteiger partial charge is 0.251 e. The predicted molar refractivity (Wildman–Crippen MR) is 193 cm³/mol. The minimum Gasteiger partial charge on any atom is -0.490 e. The number of aromatic nitrogens is 1. The Bertz CT molecular complexity index is 1630. The molecule has 2 heterocycles. The van der Waals surface area contributed by atoms with Crippen LogP contribution in [0.25, 0.3) is 11.1 Å². The number of nitrogens with one attached hydrogen (secondary N) is 1. The Balaban J connectivity index is 0.968. The standard InChI is InChI=1S/C38H47Cl2N3O8/c39-30-20-25(23-50-38(11-12-38)29-21-41-14-10-27(29)28-6-1-2-7-33(28)51-26-8-9-26)31(40)19-24(30)5-3-4-13-42-37(48)36(47)35(46)34(45)32(44)22-43-15-17-49-18-16-43/h1-2,6-7,10,14,19-21,26,32,34-36,44-47H,3-5,8-9,11-13,15-18,22-23H2,(H,42,48). The van der Waals surface area contributed by atoms with E-state index in [-0.39, 0.29) is 25.8 Å². The Labute approximate surface area is 308 Å². The summed E-state index contributed by atoms with van der Waals surface area (Å²) in [5.41, 5.74) is 4.30. The normalized spacial score (nSPS) is 19.6. The number of carbonyl (C=O) groups is 1. The number of carbonyl (C=O) groups excluding carboxylic acids is 1. The lowest BCUT2D eigenvalue weighted by molar-refractivity contribution is -0.148. The molecule has 1 aromatic heterocycles. The van der Waals surface area contributed by atoms with Gasteiger partial charge in [-0.25, -0.2) is 0 Å². The highest BCUT2D eigenvalue weighted by atomic mass is 35.5. The molecule has 0 radical (unpaired) electrons. The van der Waals surface area contributed by atoms with Crippen molar-refractivity contribution in [3.63, 3.8) is 0 Å². The summed E-state index contributed by atoms with van der Waals surface area (Å²) in [4.78, 5) is 18.8. The molecule has 0 bridgehead atoms. The molecule has 0 spiro atoms. The van der Waals surface area contributed by atoms with E-state index in [4.69, 9.17) is 37.4 Å². The first-order valence-corrected chi connectivity index (χ1v) is 18.5. The number of hydrogen-bond donors (Lipinski definition) is 5. The molecule has 2 saturated carbocycles. The second-order valence-electron chi connectivity index (χ2n) is 13.7. The van der Waals surface area contributed by atoms with Crippen molar-refractivity contribution in [2.45, 2.75) is 87.7 Å². The third kappa shape index (κ3) is 9.78.